The molecule has 9 nitrogen and oxygen atoms in total. The smallest absolute Gasteiger partial charge is 0.410 e. The van der Waals surface area contributed by atoms with Crippen molar-refractivity contribution in [3.8, 4) is 5.75 Å². The van der Waals surface area contributed by atoms with Gasteiger partial charge in [0.2, 0.25) is 10.0 Å². The number of benzene rings is 1. The molecule has 0 unspecified atom stereocenters. The van der Waals surface area contributed by atoms with Crippen molar-refractivity contribution in [3.05, 3.63) is 29.5 Å². The normalized spacial score (nSPS) is 13.2. The number of hydrogen-bond acceptors (Lipinski definition) is 7. The van der Waals surface area contributed by atoms with Gasteiger partial charge in [0.25, 0.3) is 0 Å². The molecular formula is C20H28ClN3O6S. The monoisotopic (exact) mass is 473 g/mol. The third kappa shape index (κ3) is 6.67. The number of ether oxygens (including phenoxy) is 1. The highest BCUT2D eigenvalue weighted by Crippen LogP contribution is 2.33. The van der Waals surface area contributed by atoms with Crippen LogP contribution in [-0.4, -0.2) is 65.9 Å². The number of fused-ring (bicyclic) bond motifs is 1. The second-order valence-electron chi connectivity index (χ2n) is 8.14. The van der Waals surface area contributed by atoms with E-state index in [1.54, 1.807) is 33.8 Å². The summed E-state index contributed by atoms with van der Waals surface area (Å²) >= 11 is 6.05. The number of nitrogens with zero attached hydrogens (tertiary/aromatic N) is 2. The summed E-state index contributed by atoms with van der Waals surface area (Å²) in [4.78, 5) is 17.5. The number of aromatic nitrogens is 1. The molecule has 0 fully saturated rings. The van der Waals surface area contributed by atoms with E-state index in [4.69, 9.17) is 21.4 Å². The van der Waals surface area contributed by atoms with E-state index in [-0.39, 0.29) is 40.9 Å². The summed E-state index contributed by atoms with van der Waals surface area (Å²) in [7, 11) is -4.08. The molecule has 0 aliphatic heterocycles. The summed E-state index contributed by atoms with van der Waals surface area (Å²) in [6.45, 7) is 6.90. The molecule has 2 rings (SSSR count). The predicted molar refractivity (Wildman–Crippen MR) is 118 cm³/mol. The number of aliphatic hydroxyl groups excluding tert-OH is 1. The molecule has 2 aromatic rings. The first kappa shape index (κ1) is 25.1. The fourth-order valence-corrected chi connectivity index (χ4v) is 4.66. The Balaban J connectivity index is 2.27. The largest absolute Gasteiger partial charge is 0.506 e. The van der Waals surface area contributed by atoms with Crippen LogP contribution in [0, 0.1) is 0 Å². The minimum absolute atomic E-state index is 0.0210. The number of aliphatic hydroxyl groups is 1. The maximum absolute atomic E-state index is 13.1. The maximum atomic E-state index is 13.1. The van der Waals surface area contributed by atoms with Crippen LogP contribution in [0.2, 0.25) is 5.15 Å². The number of amides is 1. The number of hydrogen-bond donors (Lipinski definition) is 3. The van der Waals surface area contributed by atoms with Crippen LogP contribution in [0.5, 0.6) is 5.75 Å². The van der Waals surface area contributed by atoms with Crippen LogP contribution in [0.1, 0.15) is 34.1 Å². The molecule has 1 amide bonds. The zero-order chi connectivity index (χ0) is 23.4. The van der Waals surface area contributed by atoms with Crippen LogP contribution in [0.3, 0.4) is 0 Å². The second-order valence-corrected chi connectivity index (χ2v) is 10.2. The Morgan fingerprint density at radius 3 is 2.65 bits per heavy atom. The first-order valence-electron chi connectivity index (χ1n) is 9.73. The molecule has 1 aromatic carbocycles. The molecule has 0 radical (unpaired) electrons. The van der Waals surface area contributed by atoms with Gasteiger partial charge in [-0.2, -0.15) is 0 Å². The SMILES string of the molecule is C[C@H](CN(CCCO)C(=O)OC(C)(C)C)NS(=O)(=O)c1cccc2c(Cl)ncc(O)c12. The summed E-state index contributed by atoms with van der Waals surface area (Å²) in [6.07, 6.45) is 0.806. The van der Waals surface area contributed by atoms with Gasteiger partial charge in [-0.05, 0) is 40.2 Å². The van der Waals surface area contributed by atoms with E-state index in [1.807, 2.05) is 0 Å². The molecule has 0 aliphatic rings. The van der Waals surface area contributed by atoms with E-state index >= 15 is 0 Å². The van der Waals surface area contributed by atoms with Crippen molar-refractivity contribution in [2.75, 3.05) is 19.7 Å². The molecule has 0 saturated carbocycles. The minimum Gasteiger partial charge on any atom is -0.506 e. The lowest BCUT2D eigenvalue weighted by Gasteiger charge is -2.29. The van der Waals surface area contributed by atoms with Crippen LogP contribution in [0.4, 0.5) is 4.79 Å². The van der Waals surface area contributed by atoms with Gasteiger partial charge >= 0.3 is 6.09 Å². The molecule has 11 heteroatoms. The molecule has 0 bridgehead atoms. The number of carbonyl (C=O) groups is 1. The topological polar surface area (TPSA) is 129 Å². The quantitative estimate of drug-likeness (QED) is 0.502. The number of sulfonamides is 1. The Kier molecular flexibility index (Phi) is 8.09. The van der Waals surface area contributed by atoms with Crippen LogP contribution < -0.4 is 4.72 Å². The second kappa shape index (κ2) is 9.99. The number of rotatable bonds is 8. The maximum Gasteiger partial charge on any atom is 0.410 e. The number of pyridine rings is 1. The zero-order valence-electron chi connectivity index (χ0n) is 17.9. The number of nitrogens with one attached hydrogen (secondary N) is 1. The number of carbonyl (C=O) groups excluding carboxylic acids is 1. The Morgan fingerprint density at radius 1 is 1.35 bits per heavy atom. The molecule has 31 heavy (non-hydrogen) atoms. The van der Waals surface area contributed by atoms with Crippen LogP contribution in [-0.2, 0) is 14.8 Å². The Labute approximate surface area is 187 Å². The van der Waals surface area contributed by atoms with E-state index in [0.717, 1.165) is 6.20 Å². The molecule has 1 heterocycles. The lowest BCUT2D eigenvalue weighted by atomic mass is 10.1. The van der Waals surface area contributed by atoms with Crippen molar-refractivity contribution in [2.24, 2.45) is 0 Å². The van der Waals surface area contributed by atoms with Gasteiger partial charge in [-0.3, -0.25) is 0 Å². The van der Waals surface area contributed by atoms with Crippen LogP contribution >= 0.6 is 11.6 Å². The van der Waals surface area contributed by atoms with E-state index in [0.29, 0.717) is 11.8 Å². The van der Waals surface area contributed by atoms with Crippen LogP contribution in [0.25, 0.3) is 10.8 Å². The van der Waals surface area contributed by atoms with E-state index in [9.17, 15) is 18.3 Å². The summed E-state index contributed by atoms with van der Waals surface area (Å²) in [5, 5.41) is 19.7. The Bertz CT molecular complexity index is 1040. The average molecular weight is 474 g/mol. The van der Waals surface area contributed by atoms with Crippen molar-refractivity contribution in [1.82, 2.24) is 14.6 Å². The Morgan fingerprint density at radius 2 is 2.03 bits per heavy atom. The highest BCUT2D eigenvalue weighted by atomic mass is 35.5. The average Bonchev–Trinajstić information content (AvgIpc) is 2.65. The zero-order valence-corrected chi connectivity index (χ0v) is 19.5. The van der Waals surface area contributed by atoms with Gasteiger partial charge < -0.3 is 19.8 Å². The van der Waals surface area contributed by atoms with E-state index in [1.165, 1.54) is 17.0 Å². The summed E-state index contributed by atoms with van der Waals surface area (Å²) < 4.78 is 34.0. The standard InChI is InChI=1S/C20H28ClN3O6S/c1-13(12-24(9-6-10-25)19(27)30-20(2,3)4)23-31(28,29)16-8-5-7-14-17(16)15(26)11-22-18(14)21/h5,7-8,11,13,23,25-26H,6,9-10,12H2,1-4H3/t13-/m1/s1. The lowest BCUT2D eigenvalue weighted by molar-refractivity contribution is 0.0229. The first-order chi connectivity index (χ1) is 14.4. The van der Waals surface area contributed by atoms with Crippen molar-refractivity contribution >= 4 is 38.5 Å². The summed E-state index contributed by atoms with van der Waals surface area (Å²) in [5.74, 6) is -0.314. The molecule has 0 aliphatic carbocycles. The molecule has 0 saturated heterocycles. The molecule has 0 spiro atoms. The molecule has 172 valence electrons. The van der Waals surface area contributed by atoms with Gasteiger partial charge in [-0.25, -0.2) is 22.9 Å². The molecule has 1 atom stereocenters. The van der Waals surface area contributed by atoms with Gasteiger partial charge in [0.1, 0.15) is 16.5 Å². The van der Waals surface area contributed by atoms with Gasteiger partial charge in [0, 0.05) is 36.5 Å². The number of aromatic hydroxyl groups is 1. The van der Waals surface area contributed by atoms with Gasteiger partial charge in [-0.15, -0.1) is 0 Å². The molecular weight excluding hydrogens is 446 g/mol. The van der Waals surface area contributed by atoms with Crippen molar-refractivity contribution in [2.45, 2.75) is 50.7 Å². The van der Waals surface area contributed by atoms with E-state index in [2.05, 4.69) is 9.71 Å². The van der Waals surface area contributed by atoms with Gasteiger partial charge in [0.15, 0.2) is 0 Å². The predicted octanol–water partition coefficient (Wildman–Crippen LogP) is 2.88. The summed E-state index contributed by atoms with van der Waals surface area (Å²) in [6, 6.07) is 3.73. The fraction of sp³-hybridized carbons (Fsp3) is 0.500. The Hall–Kier alpha value is -2.14. The lowest BCUT2D eigenvalue weighted by Crippen LogP contribution is -2.46. The van der Waals surface area contributed by atoms with Gasteiger partial charge in [0.05, 0.1) is 11.1 Å². The van der Waals surface area contributed by atoms with Gasteiger partial charge in [-0.1, -0.05) is 23.7 Å². The van der Waals surface area contributed by atoms with Crippen molar-refractivity contribution in [1.29, 1.82) is 0 Å². The highest BCUT2D eigenvalue weighted by Gasteiger charge is 2.27. The third-order valence-electron chi connectivity index (χ3n) is 4.18. The highest BCUT2D eigenvalue weighted by molar-refractivity contribution is 7.89. The first-order valence-corrected chi connectivity index (χ1v) is 11.6. The summed E-state index contributed by atoms with van der Waals surface area (Å²) in [5.41, 5.74) is -0.717. The van der Waals surface area contributed by atoms with Crippen LogP contribution in [0.15, 0.2) is 29.3 Å². The minimum atomic E-state index is -4.08. The molecule has 3 N–H and O–H groups in total. The van der Waals surface area contributed by atoms with E-state index < -0.39 is 27.8 Å². The van der Waals surface area contributed by atoms with Crippen molar-refractivity contribution in [3.63, 3.8) is 0 Å². The molecule has 1 aromatic heterocycles. The van der Waals surface area contributed by atoms with Crippen molar-refractivity contribution < 1.29 is 28.2 Å². The fourth-order valence-electron chi connectivity index (χ4n) is 2.98. The number of halogens is 1. The third-order valence-corrected chi connectivity index (χ3v) is 6.12.